The summed E-state index contributed by atoms with van der Waals surface area (Å²) in [6, 6.07) is 42.0. The zero-order valence-corrected chi connectivity index (χ0v) is 21.0. The molecule has 4 heteroatoms. The molecule has 0 bridgehead atoms. The van der Waals surface area contributed by atoms with Crippen LogP contribution in [0.25, 0.3) is 33.4 Å². The molecule has 0 amide bonds. The van der Waals surface area contributed by atoms with Gasteiger partial charge in [0.25, 0.3) is 0 Å². The maximum Gasteiger partial charge on any atom is 0.123 e. The zero-order chi connectivity index (χ0) is 26.6. The number of pyridine rings is 1. The summed E-state index contributed by atoms with van der Waals surface area (Å²) in [5.74, 6) is -0.498. The highest BCUT2D eigenvalue weighted by atomic mass is 19.1. The summed E-state index contributed by atoms with van der Waals surface area (Å²) in [6.45, 7) is 0. The van der Waals surface area contributed by atoms with Crippen molar-refractivity contribution < 1.29 is 8.78 Å². The molecule has 0 aliphatic heterocycles. The van der Waals surface area contributed by atoms with E-state index < -0.39 is 0 Å². The highest BCUT2D eigenvalue weighted by Crippen LogP contribution is 2.37. The molecule has 0 aliphatic rings. The lowest BCUT2D eigenvalue weighted by Crippen LogP contribution is -2.09. The van der Waals surface area contributed by atoms with E-state index in [0.717, 1.165) is 50.4 Å². The Balaban J connectivity index is 1.37. The fraction of sp³-hybridized carbons (Fsp3) is 0. The second kappa shape index (κ2) is 10.7. The maximum absolute atomic E-state index is 13.4. The van der Waals surface area contributed by atoms with Crippen LogP contribution in [0.2, 0.25) is 0 Å². The predicted molar refractivity (Wildman–Crippen MR) is 155 cm³/mol. The van der Waals surface area contributed by atoms with Crippen LogP contribution in [0.1, 0.15) is 0 Å². The van der Waals surface area contributed by atoms with Gasteiger partial charge >= 0.3 is 0 Å². The molecule has 39 heavy (non-hydrogen) atoms. The van der Waals surface area contributed by atoms with Crippen molar-refractivity contribution in [3.05, 3.63) is 157 Å². The first-order valence-corrected chi connectivity index (χ1v) is 12.7. The third kappa shape index (κ3) is 5.32. The van der Waals surface area contributed by atoms with E-state index in [0.29, 0.717) is 0 Å². The minimum Gasteiger partial charge on any atom is -0.311 e. The summed E-state index contributed by atoms with van der Waals surface area (Å²) < 4.78 is 26.8. The Morgan fingerprint density at radius 2 is 0.590 bits per heavy atom. The minimum atomic E-state index is -0.249. The number of halogens is 2. The summed E-state index contributed by atoms with van der Waals surface area (Å²) in [5, 5.41) is 0. The number of anilines is 3. The highest BCUT2D eigenvalue weighted by molar-refractivity contribution is 5.81. The van der Waals surface area contributed by atoms with Gasteiger partial charge < -0.3 is 4.90 Å². The first-order valence-electron chi connectivity index (χ1n) is 12.7. The quantitative estimate of drug-likeness (QED) is 0.222. The van der Waals surface area contributed by atoms with Crippen LogP contribution < -0.4 is 4.90 Å². The Labute approximate surface area is 226 Å². The molecule has 188 valence electrons. The average molecular weight is 511 g/mol. The molecule has 0 radical (unpaired) electrons. The molecule has 0 saturated heterocycles. The third-order valence-corrected chi connectivity index (χ3v) is 6.75. The van der Waals surface area contributed by atoms with Crippen LogP contribution in [0.4, 0.5) is 25.8 Å². The summed E-state index contributed by atoms with van der Waals surface area (Å²) in [6.07, 6.45) is 3.59. The average Bonchev–Trinajstić information content (AvgIpc) is 3.00. The van der Waals surface area contributed by atoms with Crippen molar-refractivity contribution in [2.75, 3.05) is 4.90 Å². The Bertz CT molecular complexity index is 1570. The number of hydrogen-bond donors (Lipinski definition) is 0. The van der Waals surface area contributed by atoms with E-state index in [1.54, 1.807) is 36.7 Å². The van der Waals surface area contributed by atoms with Gasteiger partial charge in [-0.25, -0.2) is 8.78 Å². The number of benzene rings is 5. The van der Waals surface area contributed by atoms with Crippen molar-refractivity contribution in [3.8, 4) is 33.4 Å². The van der Waals surface area contributed by atoms with Gasteiger partial charge in [0.1, 0.15) is 11.6 Å². The van der Waals surface area contributed by atoms with Crippen LogP contribution in [0.15, 0.2) is 146 Å². The smallest absolute Gasteiger partial charge is 0.123 e. The molecule has 1 heterocycles. The van der Waals surface area contributed by atoms with Gasteiger partial charge in [0.05, 0.1) is 0 Å². The summed E-state index contributed by atoms with van der Waals surface area (Å²) in [4.78, 5) is 6.31. The molecule has 0 N–H and O–H groups in total. The van der Waals surface area contributed by atoms with Gasteiger partial charge in [0.15, 0.2) is 0 Å². The van der Waals surface area contributed by atoms with Crippen molar-refractivity contribution in [2.24, 2.45) is 0 Å². The molecule has 5 aromatic carbocycles. The molecule has 0 atom stereocenters. The van der Waals surface area contributed by atoms with E-state index in [4.69, 9.17) is 0 Å². The Kier molecular flexibility index (Phi) is 6.67. The Morgan fingerprint density at radius 3 is 0.897 bits per heavy atom. The van der Waals surface area contributed by atoms with Crippen LogP contribution in [0, 0.1) is 11.6 Å². The Hall–Kier alpha value is -5.09. The Morgan fingerprint density at radius 1 is 0.333 bits per heavy atom. The molecule has 0 spiro atoms. The molecule has 0 unspecified atom stereocenters. The van der Waals surface area contributed by atoms with Crippen LogP contribution in [-0.4, -0.2) is 4.98 Å². The lowest BCUT2D eigenvalue weighted by atomic mass is 10.0. The standard InChI is InChI=1S/C35H24F2N2/c36-31-11-1-25(2-12-31)27-5-15-33(16-6-27)39(35-19-9-29(10-20-35)30-21-23-38-24-22-30)34-17-7-28(8-18-34)26-3-13-32(37)14-4-26/h1-24H. The maximum atomic E-state index is 13.4. The van der Waals surface area contributed by atoms with Crippen molar-refractivity contribution >= 4 is 17.1 Å². The second-order valence-corrected chi connectivity index (χ2v) is 9.23. The van der Waals surface area contributed by atoms with Crippen LogP contribution in [0.3, 0.4) is 0 Å². The van der Waals surface area contributed by atoms with E-state index in [1.165, 1.54) is 24.3 Å². The van der Waals surface area contributed by atoms with Crippen molar-refractivity contribution in [1.82, 2.24) is 4.98 Å². The van der Waals surface area contributed by atoms with E-state index in [1.807, 2.05) is 36.4 Å². The monoisotopic (exact) mass is 510 g/mol. The number of hydrogen-bond acceptors (Lipinski definition) is 2. The molecule has 6 aromatic rings. The van der Waals surface area contributed by atoms with Crippen molar-refractivity contribution in [3.63, 3.8) is 0 Å². The van der Waals surface area contributed by atoms with E-state index in [9.17, 15) is 8.78 Å². The van der Waals surface area contributed by atoms with E-state index in [-0.39, 0.29) is 11.6 Å². The second-order valence-electron chi connectivity index (χ2n) is 9.23. The van der Waals surface area contributed by atoms with Crippen LogP contribution in [0.5, 0.6) is 0 Å². The molecule has 2 nitrogen and oxygen atoms in total. The van der Waals surface area contributed by atoms with Gasteiger partial charge in [0.2, 0.25) is 0 Å². The first-order chi connectivity index (χ1) is 19.1. The summed E-state index contributed by atoms with van der Waals surface area (Å²) in [5.41, 5.74) is 9.15. The normalized spacial score (nSPS) is 10.8. The van der Waals surface area contributed by atoms with E-state index >= 15 is 0 Å². The minimum absolute atomic E-state index is 0.249. The topological polar surface area (TPSA) is 16.1 Å². The van der Waals surface area contributed by atoms with E-state index in [2.05, 4.69) is 58.4 Å². The van der Waals surface area contributed by atoms with Crippen LogP contribution >= 0.6 is 0 Å². The molecule has 0 saturated carbocycles. The van der Waals surface area contributed by atoms with Gasteiger partial charge in [-0.2, -0.15) is 0 Å². The summed E-state index contributed by atoms with van der Waals surface area (Å²) >= 11 is 0. The lowest BCUT2D eigenvalue weighted by molar-refractivity contribution is 0.627. The molecule has 1 aromatic heterocycles. The SMILES string of the molecule is Fc1ccc(-c2ccc(N(c3ccc(-c4ccncc4)cc3)c3ccc(-c4ccc(F)cc4)cc3)cc2)cc1. The molecule has 6 rings (SSSR count). The number of nitrogens with zero attached hydrogens (tertiary/aromatic N) is 2. The number of rotatable bonds is 6. The van der Waals surface area contributed by atoms with Crippen molar-refractivity contribution in [2.45, 2.75) is 0 Å². The van der Waals surface area contributed by atoms with Gasteiger partial charge in [0, 0.05) is 29.5 Å². The lowest BCUT2D eigenvalue weighted by Gasteiger charge is -2.26. The molecular formula is C35H24F2N2. The molecular weight excluding hydrogens is 486 g/mol. The van der Waals surface area contributed by atoms with Crippen LogP contribution in [-0.2, 0) is 0 Å². The number of aromatic nitrogens is 1. The molecule has 0 fully saturated rings. The fourth-order valence-corrected chi connectivity index (χ4v) is 4.69. The fourth-order valence-electron chi connectivity index (χ4n) is 4.69. The third-order valence-electron chi connectivity index (χ3n) is 6.75. The van der Waals surface area contributed by atoms with Gasteiger partial charge in [-0.05, 0) is 106 Å². The highest BCUT2D eigenvalue weighted by Gasteiger charge is 2.14. The van der Waals surface area contributed by atoms with Gasteiger partial charge in [-0.1, -0.05) is 60.7 Å². The van der Waals surface area contributed by atoms with Gasteiger partial charge in [-0.15, -0.1) is 0 Å². The molecule has 0 aliphatic carbocycles. The zero-order valence-electron chi connectivity index (χ0n) is 21.0. The van der Waals surface area contributed by atoms with Gasteiger partial charge in [-0.3, -0.25) is 4.98 Å². The summed E-state index contributed by atoms with van der Waals surface area (Å²) in [7, 11) is 0. The van der Waals surface area contributed by atoms with Crippen molar-refractivity contribution in [1.29, 1.82) is 0 Å². The predicted octanol–water partition coefficient (Wildman–Crippen LogP) is 9.83. The first kappa shape index (κ1) is 24.3. The largest absolute Gasteiger partial charge is 0.311 e.